The molecule has 0 aliphatic rings. The Morgan fingerprint density at radius 1 is 1.19 bits per heavy atom. The normalized spacial score (nSPS) is 11.6. The first-order valence-corrected chi connectivity index (χ1v) is 6.61. The van der Waals surface area contributed by atoms with Crippen LogP contribution in [0.15, 0.2) is 0 Å². The number of hydrogen-bond acceptors (Lipinski definition) is 2. The summed E-state index contributed by atoms with van der Waals surface area (Å²) in [5.74, 6) is 0.246. The van der Waals surface area contributed by atoms with Crippen LogP contribution in [-0.2, 0) is 4.79 Å². The van der Waals surface area contributed by atoms with Gasteiger partial charge >= 0.3 is 0 Å². The molecule has 0 aliphatic heterocycles. The van der Waals surface area contributed by atoms with Gasteiger partial charge in [-0.25, -0.2) is 0 Å². The molecule has 0 saturated heterocycles. The van der Waals surface area contributed by atoms with Crippen molar-refractivity contribution in [1.82, 2.24) is 4.90 Å². The minimum atomic E-state index is -0.330. The second kappa shape index (κ2) is 7.66. The molecule has 3 heteroatoms. The van der Waals surface area contributed by atoms with Crippen LogP contribution in [0.5, 0.6) is 0 Å². The summed E-state index contributed by atoms with van der Waals surface area (Å²) in [6.45, 7) is 10.4. The van der Waals surface area contributed by atoms with Crippen LogP contribution in [0.1, 0.15) is 53.4 Å². The van der Waals surface area contributed by atoms with Crippen molar-refractivity contribution in [3.8, 4) is 0 Å². The van der Waals surface area contributed by atoms with Gasteiger partial charge in [-0.15, -0.1) is 0 Å². The van der Waals surface area contributed by atoms with E-state index in [4.69, 9.17) is 5.73 Å². The van der Waals surface area contributed by atoms with Gasteiger partial charge in [0, 0.05) is 19.6 Å². The summed E-state index contributed by atoms with van der Waals surface area (Å²) >= 11 is 0. The maximum absolute atomic E-state index is 12.4. The first-order chi connectivity index (χ1) is 7.61. The summed E-state index contributed by atoms with van der Waals surface area (Å²) in [4.78, 5) is 14.4. The van der Waals surface area contributed by atoms with Crippen molar-refractivity contribution < 1.29 is 4.79 Å². The van der Waals surface area contributed by atoms with E-state index in [0.29, 0.717) is 6.54 Å². The summed E-state index contributed by atoms with van der Waals surface area (Å²) in [7, 11) is 0. The van der Waals surface area contributed by atoms with Crippen molar-refractivity contribution in [2.45, 2.75) is 53.4 Å². The van der Waals surface area contributed by atoms with Gasteiger partial charge in [0.2, 0.25) is 5.91 Å². The average Bonchev–Trinajstić information content (AvgIpc) is 2.33. The van der Waals surface area contributed by atoms with Crippen molar-refractivity contribution in [2.24, 2.45) is 11.1 Å². The number of carbonyl (C=O) groups excluding carboxylic acids is 1. The van der Waals surface area contributed by atoms with Crippen LogP contribution in [0.2, 0.25) is 0 Å². The van der Waals surface area contributed by atoms with Crippen molar-refractivity contribution >= 4 is 5.91 Å². The van der Waals surface area contributed by atoms with Gasteiger partial charge in [0.15, 0.2) is 0 Å². The lowest BCUT2D eigenvalue weighted by atomic mass is 9.81. The minimum absolute atomic E-state index is 0.246. The lowest BCUT2D eigenvalue weighted by molar-refractivity contribution is -0.142. The highest BCUT2D eigenvalue weighted by Crippen LogP contribution is 2.27. The molecule has 0 unspecified atom stereocenters. The molecular formula is C13H28N2O. The van der Waals surface area contributed by atoms with E-state index in [-0.39, 0.29) is 11.3 Å². The molecule has 3 nitrogen and oxygen atoms in total. The number of unbranched alkanes of at least 4 members (excludes halogenated alkanes) is 1. The van der Waals surface area contributed by atoms with E-state index in [1.54, 1.807) is 0 Å². The SMILES string of the molecule is CCCCN(CC)C(=O)C(CC)(CC)CN. The second-order valence-electron chi connectivity index (χ2n) is 4.43. The molecule has 0 aromatic heterocycles. The first kappa shape index (κ1) is 15.4. The third-order valence-corrected chi connectivity index (χ3v) is 3.65. The number of nitrogens with zero attached hydrogens (tertiary/aromatic N) is 1. The van der Waals surface area contributed by atoms with E-state index in [1.165, 1.54) is 0 Å². The quantitative estimate of drug-likeness (QED) is 0.693. The topological polar surface area (TPSA) is 46.3 Å². The molecule has 0 aromatic carbocycles. The van der Waals surface area contributed by atoms with Crippen LogP contribution in [0, 0.1) is 5.41 Å². The molecule has 0 heterocycles. The number of carbonyl (C=O) groups is 1. The van der Waals surface area contributed by atoms with Crippen molar-refractivity contribution in [2.75, 3.05) is 19.6 Å². The van der Waals surface area contributed by atoms with Crippen molar-refractivity contribution in [3.05, 3.63) is 0 Å². The van der Waals surface area contributed by atoms with E-state index in [0.717, 1.165) is 38.8 Å². The zero-order valence-electron chi connectivity index (χ0n) is 11.4. The predicted molar refractivity (Wildman–Crippen MR) is 69.2 cm³/mol. The lowest BCUT2D eigenvalue weighted by Gasteiger charge is -2.34. The highest BCUT2D eigenvalue weighted by Gasteiger charge is 2.35. The van der Waals surface area contributed by atoms with Crippen LogP contribution < -0.4 is 5.73 Å². The van der Waals surface area contributed by atoms with Crippen LogP contribution >= 0.6 is 0 Å². The molecule has 0 atom stereocenters. The fourth-order valence-corrected chi connectivity index (χ4v) is 2.02. The van der Waals surface area contributed by atoms with E-state index >= 15 is 0 Å². The average molecular weight is 228 g/mol. The number of rotatable bonds is 8. The molecule has 0 rings (SSSR count). The van der Waals surface area contributed by atoms with Gasteiger partial charge in [-0.3, -0.25) is 4.79 Å². The van der Waals surface area contributed by atoms with E-state index in [9.17, 15) is 4.79 Å². The summed E-state index contributed by atoms with van der Waals surface area (Å²) in [6.07, 6.45) is 3.87. The van der Waals surface area contributed by atoms with E-state index in [1.807, 2.05) is 11.8 Å². The number of nitrogens with two attached hydrogens (primary N) is 1. The standard InChI is InChI=1S/C13H28N2O/c1-5-9-10-15(8-4)12(16)13(6-2,7-3)11-14/h5-11,14H2,1-4H3. The molecule has 1 amide bonds. The van der Waals surface area contributed by atoms with Gasteiger partial charge in [-0.1, -0.05) is 27.2 Å². The molecule has 0 fully saturated rings. The maximum Gasteiger partial charge on any atom is 0.230 e. The zero-order chi connectivity index (χ0) is 12.6. The maximum atomic E-state index is 12.4. The van der Waals surface area contributed by atoms with Gasteiger partial charge < -0.3 is 10.6 Å². The first-order valence-electron chi connectivity index (χ1n) is 6.61. The molecule has 0 radical (unpaired) electrons. The minimum Gasteiger partial charge on any atom is -0.342 e. The highest BCUT2D eigenvalue weighted by atomic mass is 16.2. The van der Waals surface area contributed by atoms with Crippen LogP contribution in [0.3, 0.4) is 0 Å². The Labute approximate surface area is 100 Å². The summed E-state index contributed by atoms with van der Waals surface area (Å²) < 4.78 is 0. The van der Waals surface area contributed by atoms with Crippen LogP contribution in [0.4, 0.5) is 0 Å². The second-order valence-corrected chi connectivity index (χ2v) is 4.43. The summed E-state index contributed by atoms with van der Waals surface area (Å²) in [5, 5.41) is 0. The molecule has 0 bridgehead atoms. The smallest absolute Gasteiger partial charge is 0.230 e. The van der Waals surface area contributed by atoms with Gasteiger partial charge in [-0.2, -0.15) is 0 Å². The van der Waals surface area contributed by atoms with Crippen molar-refractivity contribution in [1.29, 1.82) is 0 Å². The molecule has 2 N–H and O–H groups in total. The predicted octanol–water partition coefficient (Wildman–Crippen LogP) is 2.40. The summed E-state index contributed by atoms with van der Waals surface area (Å²) in [6, 6.07) is 0. The third kappa shape index (κ3) is 3.48. The fourth-order valence-electron chi connectivity index (χ4n) is 2.02. The zero-order valence-corrected chi connectivity index (χ0v) is 11.4. The van der Waals surface area contributed by atoms with Crippen LogP contribution in [-0.4, -0.2) is 30.4 Å². The Bertz CT molecular complexity index is 192. The molecule has 0 aromatic rings. The van der Waals surface area contributed by atoms with E-state index < -0.39 is 0 Å². The Morgan fingerprint density at radius 3 is 2.06 bits per heavy atom. The molecule has 0 aliphatic carbocycles. The largest absolute Gasteiger partial charge is 0.342 e. The molecule has 0 saturated carbocycles. The Kier molecular flexibility index (Phi) is 7.39. The molecule has 96 valence electrons. The van der Waals surface area contributed by atoms with Gasteiger partial charge in [0.25, 0.3) is 0 Å². The lowest BCUT2D eigenvalue weighted by Crippen LogP contribution is -2.47. The molecular weight excluding hydrogens is 200 g/mol. The van der Waals surface area contributed by atoms with E-state index in [2.05, 4.69) is 20.8 Å². The monoisotopic (exact) mass is 228 g/mol. The van der Waals surface area contributed by atoms with Gasteiger partial charge in [-0.05, 0) is 26.2 Å². The van der Waals surface area contributed by atoms with Gasteiger partial charge in [0.1, 0.15) is 0 Å². The number of hydrogen-bond donors (Lipinski definition) is 1. The van der Waals surface area contributed by atoms with Gasteiger partial charge in [0.05, 0.1) is 5.41 Å². The highest BCUT2D eigenvalue weighted by molar-refractivity contribution is 5.83. The van der Waals surface area contributed by atoms with Crippen molar-refractivity contribution in [3.63, 3.8) is 0 Å². The molecule has 0 spiro atoms. The Hall–Kier alpha value is -0.570. The Morgan fingerprint density at radius 2 is 1.75 bits per heavy atom. The molecule has 16 heavy (non-hydrogen) atoms. The fraction of sp³-hybridized carbons (Fsp3) is 0.923. The Balaban J connectivity index is 4.68. The number of amides is 1. The van der Waals surface area contributed by atoms with Crippen LogP contribution in [0.25, 0.3) is 0 Å². The third-order valence-electron chi connectivity index (χ3n) is 3.65. The summed E-state index contributed by atoms with van der Waals surface area (Å²) in [5.41, 5.74) is 5.47.